The summed E-state index contributed by atoms with van der Waals surface area (Å²) in [6.45, 7) is 0. The average Bonchev–Trinajstić information content (AvgIpc) is 2.60. The predicted octanol–water partition coefficient (Wildman–Crippen LogP) is 2.21. The number of hydrogen-bond acceptors (Lipinski definition) is 5. The molecule has 0 unspecified atom stereocenters. The smallest absolute Gasteiger partial charge is 0.217 e. The van der Waals surface area contributed by atoms with Crippen molar-refractivity contribution in [1.29, 1.82) is 0 Å². The summed E-state index contributed by atoms with van der Waals surface area (Å²) in [5.74, 6) is 0.123. The highest BCUT2D eigenvalue weighted by atomic mass is 16.1. The number of primary amides is 1. The number of hydrogen-bond donors (Lipinski definition) is 2. The maximum atomic E-state index is 11.2. The molecular formula is C18H17N5O. The van der Waals surface area contributed by atoms with Crippen molar-refractivity contribution in [3.8, 4) is 22.3 Å². The second-order valence-corrected chi connectivity index (χ2v) is 5.43. The van der Waals surface area contributed by atoms with Crippen molar-refractivity contribution in [2.45, 2.75) is 12.8 Å². The topological polar surface area (TPSA) is 108 Å². The molecule has 3 rings (SSSR count). The maximum Gasteiger partial charge on any atom is 0.217 e. The summed E-state index contributed by atoms with van der Waals surface area (Å²) in [5, 5.41) is 0. The van der Waals surface area contributed by atoms with Crippen molar-refractivity contribution in [3.63, 3.8) is 0 Å². The summed E-state index contributed by atoms with van der Waals surface area (Å²) in [5.41, 5.74) is 16.0. The molecule has 0 aliphatic heterocycles. The highest BCUT2D eigenvalue weighted by Crippen LogP contribution is 2.30. The lowest BCUT2D eigenvalue weighted by molar-refractivity contribution is -0.117. The number of benzene rings is 1. The van der Waals surface area contributed by atoms with Gasteiger partial charge in [0.15, 0.2) is 0 Å². The molecule has 2 heterocycles. The zero-order valence-corrected chi connectivity index (χ0v) is 13.0. The molecule has 0 aliphatic rings. The number of rotatable bonds is 5. The van der Waals surface area contributed by atoms with E-state index in [0.717, 1.165) is 27.8 Å². The zero-order valence-electron chi connectivity index (χ0n) is 13.0. The quantitative estimate of drug-likeness (QED) is 0.749. The number of amides is 1. The van der Waals surface area contributed by atoms with Crippen molar-refractivity contribution >= 4 is 11.7 Å². The number of nitrogens with two attached hydrogens (primary N) is 2. The first-order valence-corrected chi connectivity index (χ1v) is 7.52. The Morgan fingerprint density at radius 1 is 1.00 bits per heavy atom. The molecular weight excluding hydrogens is 302 g/mol. The Hall–Kier alpha value is -3.28. The molecule has 2 aromatic heterocycles. The van der Waals surface area contributed by atoms with Crippen LogP contribution in [0.1, 0.15) is 12.0 Å². The lowest BCUT2D eigenvalue weighted by atomic mass is 9.93. The number of anilines is 1. The minimum absolute atomic E-state index is 0.280. The van der Waals surface area contributed by atoms with Gasteiger partial charge in [-0.05, 0) is 40.8 Å². The molecule has 0 aliphatic carbocycles. The zero-order chi connectivity index (χ0) is 16.9. The van der Waals surface area contributed by atoms with Gasteiger partial charge in [0.05, 0.1) is 0 Å². The van der Waals surface area contributed by atoms with E-state index < -0.39 is 0 Å². The third kappa shape index (κ3) is 3.55. The molecule has 0 fully saturated rings. The summed E-state index contributed by atoms with van der Waals surface area (Å²) in [6.07, 6.45) is 7.50. The molecule has 120 valence electrons. The van der Waals surface area contributed by atoms with Gasteiger partial charge in [-0.3, -0.25) is 4.79 Å². The number of aryl methyl sites for hydroxylation is 1. The van der Waals surface area contributed by atoms with Gasteiger partial charge >= 0.3 is 0 Å². The van der Waals surface area contributed by atoms with Gasteiger partial charge in [0.2, 0.25) is 5.91 Å². The molecule has 6 heteroatoms. The highest BCUT2D eigenvalue weighted by molar-refractivity contribution is 5.77. The van der Waals surface area contributed by atoms with Crippen LogP contribution in [-0.2, 0) is 11.2 Å². The summed E-state index contributed by atoms with van der Waals surface area (Å²) >= 11 is 0. The Labute approximate surface area is 139 Å². The maximum absolute atomic E-state index is 11.2. The van der Waals surface area contributed by atoms with Crippen molar-refractivity contribution < 1.29 is 4.79 Å². The van der Waals surface area contributed by atoms with E-state index in [1.807, 2.05) is 30.3 Å². The van der Waals surface area contributed by atoms with E-state index in [4.69, 9.17) is 11.5 Å². The SMILES string of the molecule is NC(=O)CCc1cc(-c2cncnc2)ccc1-c1ccnc(N)c1. The van der Waals surface area contributed by atoms with Crippen molar-refractivity contribution in [1.82, 2.24) is 15.0 Å². The van der Waals surface area contributed by atoms with Gasteiger partial charge in [-0.1, -0.05) is 18.2 Å². The van der Waals surface area contributed by atoms with Gasteiger partial charge in [0.25, 0.3) is 0 Å². The van der Waals surface area contributed by atoms with E-state index in [0.29, 0.717) is 12.2 Å². The number of carbonyl (C=O) groups excluding carboxylic acids is 1. The summed E-state index contributed by atoms with van der Waals surface area (Å²) in [4.78, 5) is 23.3. The lowest BCUT2D eigenvalue weighted by Crippen LogP contribution is -2.11. The summed E-state index contributed by atoms with van der Waals surface area (Å²) < 4.78 is 0. The Bertz CT molecular complexity index is 864. The average molecular weight is 319 g/mol. The summed E-state index contributed by atoms with van der Waals surface area (Å²) in [6, 6.07) is 9.75. The van der Waals surface area contributed by atoms with E-state index >= 15 is 0 Å². The second-order valence-electron chi connectivity index (χ2n) is 5.43. The van der Waals surface area contributed by atoms with E-state index in [1.165, 1.54) is 6.33 Å². The minimum Gasteiger partial charge on any atom is -0.384 e. The van der Waals surface area contributed by atoms with Gasteiger partial charge in [-0.25, -0.2) is 15.0 Å². The number of nitrogens with zero attached hydrogens (tertiary/aromatic N) is 3. The largest absolute Gasteiger partial charge is 0.384 e. The molecule has 0 radical (unpaired) electrons. The fourth-order valence-electron chi connectivity index (χ4n) is 2.58. The number of aromatic nitrogens is 3. The Morgan fingerprint density at radius 2 is 1.79 bits per heavy atom. The molecule has 6 nitrogen and oxygen atoms in total. The van der Waals surface area contributed by atoms with Crippen LogP contribution in [0.25, 0.3) is 22.3 Å². The van der Waals surface area contributed by atoms with E-state index in [1.54, 1.807) is 18.6 Å². The molecule has 3 aromatic rings. The van der Waals surface area contributed by atoms with Crippen LogP contribution in [0.5, 0.6) is 0 Å². The van der Waals surface area contributed by atoms with Crippen LogP contribution in [0, 0.1) is 0 Å². The van der Waals surface area contributed by atoms with Crippen LogP contribution in [0.4, 0.5) is 5.82 Å². The number of nitrogen functional groups attached to an aromatic ring is 1. The van der Waals surface area contributed by atoms with Crippen LogP contribution < -0.4 is 11.5 Å². The van der Waals surface area contributed by atoms with Gasteiger partial charge < -0.3 is 11.5 Å². The lowest BCUT2D eigenvalue weighted by Gasteiger charge is -2.12. The van der Waals surface area contributed by atoms with Crippen LogP contribution >= 0.6 is 0 Å². The van der Waals surface area contributed by atoms with Crippen LogP contribution in [-0.4, -0.2) is 20.9 Å². The van der Waals surface area contributed by atoms with Crippen LogP contribution in [0.3, 0.4) is 0 Å². The minimum atomic E-state index is -0.330. The molecule has 4 N–H and O–H groups in total. The van der Waals surface area contributed by atoms with Gasteiger partial charge in [0, 0.05) is 30.6 Å². The van der Waals surface area contributed by atoms with Gasteiger partial charge in [-0.2, -0.15) is 0 Å². The summed E-state index contributed by atoms with van der Waals surface area (Å²) in [7, 11) is 0. The monoisotopic (exact) mass is 319 g/mol. The van der Waals surface area contributed by atoms with E-state index in [-0.39, 0.29) is 12.3 Å². The normalized spacial score (nSPS) is 10.5. The van der Waals surface area contributed by atoms with Crippen molar-refractivity contribution in [3.05, 3.63) is 60.8 Å². The molecule has 0 spiro atoms. The second kappa shape index (κ2) is 6.87. The van der Waals surface area contributed by atoms with Crippen molar-refractivity contribution in [2.24, 2.45) is 5.73 Å². The number of carbonyl (C=O) groups is 1. The first-order valence-electron chi connectivity index (χ1n) is 7.52. The molecule has 1 amide bonds. The first-order chi connectivity index (χ1) is 11.6. The number of pyridine rings is 1. The standard InChI is InChI=1S/C18H17N5O/c19-17-8-14(5-6-23-17)16-3-1-12(15-9-21-11-22-10-15)7-13(16)2-4-18(20)24/h1,3,5-11H,2,4H2,(H2,19,23)(H2,20,24). The molecule has 0 atom stereocenters. The van der Waals surface area contributed by atoms with E-state index in [2.05, 4.69) is 15.0 Å². The molecule has 0 bridgehead atoms. The third-order valence-electron chi connectivity index (χ3n) is 3.73. The Morgan fingerprint density at radius 3 is 2.50 bits per heavy atom. The third-order valence-corrected chi connectivity index (χ3v) is 3.73. The van der Waals surface area contributed by atoms with Crippen LogP contribution in [0.2, 0.25) is 0 Å². The molecule has 1 aromatic carbocycles. The molecule has 0 saturated heterocycles. The van der Waals surface area contributed by atoms with Crippen LogP contribution in [0.15, 0.2) is 55.2 Å². The van der Waals surface area contributed by atoms with Gasteiger partial charge in [-0.15, -0.1) is 0 Å². The Balaban J connectivity index is 2.06. The molecule has 0 saturated carbocycles. The molecule has 24 heavy (non-hydrogen) atoms. The van der Waals surface area contributed by atoms with Crippen molar-refractivity contribution in [2.75, 3.05) is 5.73 Å². The fourth-order valence-corrected chi connectivity index (χ4v) is 2.58. The first kappa shape index (κ1) is 15.6. The predicted molar refractivity (Wildman–Crippen MR) is 92.6 cm³/mol. The van der Waals surface area contributed by atoms with E-state index in [9.17, 15) is 4.79 Å². The fraction of sp³-hybridized carbons (Fsp3) is 0.111. The Kier molecular flexibility index (Phi) is 4.47. The highest BCUT2D eigenvalue weighted by Gasteiger charge is 2.10. The van der Waals surface area contributed by atoms with Gasteiger partial charge in [0.1, 0.15) is 12.1 Å².